The Balaban J connectivity index is 1.54. The number of likely N-dealkylation sites (tertiary alicyclic amines) is 1. The van der Waals surface area contributed by atoms with E-state index in [2.05, 4.69) is 5.32 Å². The van der Waals surface area contributed by atoms with Gasteiger partial charge in [0, 0.05) is 31.1 Å². The number of piperidine rings is 1. The van der Waals surface area contributed by atoms with Crippen molar-refractivity contribution >= 4 is 5.91 Å². The zero-order valence-corrected chi connectivity index (χ0v) is 18.3. The molecule has 7 heteroatoms. The standard InChI is InChI=1S/C25H30F2N2O3/c1-32-20-12-11-18(22(26)23(20)27)15-29-14-13-25(21(30)16-29,19-9-3-2-4-10-19)28-24(31)17-7-5-6-8-17/h2-4,9-12,17,21,30H,5-8,13-16H2,1H3,(H,28,31)/t21-,25-/m1/s1. The predicted molar refractivity (Wildman–Crippen MR) is 117 cm³/mol. The van der Waals surface area contributed by atoms with E-state index in [1.807, 2.05) is 35.2 Å². The number of aliphatic hydroxyl groups excluding tert-OH is 1. The number of benzene rings is 2. The summed E-state index contributed by atoms with van der Waals surface area (Å²) in [6.07, 6.45) is 3.43. The highest BCUT2D eigenvalue weighted by molar-refractivity contribution is 5.80. The normalized spacial score (nSPS) is 24.4. The third-order valence-corrected chi connectivity index (χ3v) is 6.92. The smallest absolute Gasteiger partial charge is 0.223 e. The highest BCUT2D eigenvalue weighted by atomic mass is 19.2. The number of rotatable bonds is 6. The minimum Gasteiger partial charge on any atom is -0.494 e. The minimum absolute atomic E-state index is 0.0119. The van der Waals surface area contributed by atoms with E-state index < -0.39 is 23.3 Å². The van der Waals surface area contributed by atoms with Crippen molar-refractivity contribution < 1.29 is 23.4 Å². The van der Waals surface area contributed by atoms with Crippen LogP contribution in [0.5, 0.6) is 5.75 Å². The van der Waals surface area contributed by atoms with E-state index in [-0.39, 0.29) is 36.2 Å². The van der Waals surface area contributed by atoms with Gasteiger partial charge in [-0.1, -0.05) is 49.2 Å². The first-order chi connectivity index (χ1) is 15.4. The Kier molecular flexibility index (Phi) is 6.76. The highest BCUT2D eigenvalue weighted by Gasteiger charge is 2.46. The number of carbonyl (C=O) groups is 1. The number of hydrogen-bond donors (Lipinski definition) is 2. The van der Waals surface area contributed by atoms with Crippen molar-refractivity contribution in [1.82, 2.24) is 10.2 Å². The molecule has 1 saturated heterocycles. The average molecular weight is 445 g/mol. The molecule has 0 bridgehead atoms. The van der Waals surface area contributed by atoms with Gasteiger partial charge in [-0.15, -0.1) is 0 Å². The van der Waals surface area contributed by atoms with Gasteiger partial charge in [0.2, 0.25) is 11.7 Å². The van der Waals surface area contributed by atoms with Crippen LogP contribution in [-0.2, 0) is 16.9 Å². The van der Waals surface area contributed by atoms with E-state index in [1.54, 1.807) is 0 Å². The third kappa shape index (κ3) is 4.36. The quantitative estimate of drug-likeness (QED) is 0.713. The Labute approximate surface area is 187 Å². The fraction of sp³-hybridized carbons (Fsp3) is 0.480. The number of methoxy groups -OCH3 is 1. The fourth-order valence-electron chi connectivity index (χ4n) is 5.03. The van der Waals surface area contributed by atoms with Crippen LogP contribution in [-0.4, -0.2) is 42.2 Å². The molecule has 4 rings (SSSR count). The van der Waals surface area contributed by atoms with Gasteiger partial charge in [0.25, 0.3) is 0 Å². The molecule has 0 radical (unpaired) electrons. The molecule has 2 aliphatic rings. The van der Waals surface area contributed by atoms with Crippen molar-refractivity contribution in [2.24, 2.45) is 5.92 Å². The first kappa shape index (κ1) is 22.7. The average Bonchev–Trinajstić information content (AvgIpc) is 3.35. The molecular weight excluding hydrogens is 414 g/mol. The molecule has 2 fully saturated rings. The highest BCUT2D eigenvalue weighted by Crippen LogP contribution is 2.36. The van der Waals surface area contributed by atoms with Crippen LogP contribution in [0.4, 0.5) is 8.78 Å². The molecule has 0 aromatic heterocycles. The monoisotopic (exact) mass is 444 g/mol. The molecule has 1 aliphatic carbocycles. The Morgan fingerprint density at radius 3 is 2.53 bits per heavy atom. The first-order valence-electron chi connectivity index (χ1n) is 11.2. The topological polar surface area (TPSA) is 61.8 Å². The molecule has 2 N–H and O–H groups in total. The largest absolute Gasteiger partial charge is 0.494 e. The van der Waals surface area contributed by atoms with Crippen molar-refractivity contribution in [3.8, 4) is 5.75 Å². The van der Waals surface area contributed by atoms with E-state index in [9.17, 15) is 18.7 Å². The van der Waals surface area contributed by atoms with Gasteiger partial charge < -0.3 is 15.2 Å². The molecule has 172 valence electrons. The lowest BCUT2D eigenvalue weighted by atomic mass is 9.78. The summed E-state index contributed by atoms with van der Waals surface area (Å²) in [4.78, 5) is 14.9. The lowest BCUT2D eigenvalue weighted by molar-refractivity contribution is -0.131. The molecular formula is C25H30F2N2O3. The van der Waals surface area contributed by atoms with E-state index in [0.29, 0.717) is 13.0 Å². The third-order valence-electron chi connectivity index (χ3n) is 6.92. The summed E-state index contributed by atoms with van der Waals surface area (Å²) in [5, 5.41) is 14.5. The number of halogens is 2. The van der Waals surface area contributed by atoms with Crippen molar-refractivity contribution in [2.45, 2.75) is 50.3 Å². The number of ether oxygens (including phenoxy) is 1. The lowest BCUT2D eigenvalue weighted by Crippen LogP contribution is -2.62. The molecule has 2 atom stereocenters. The molecule has 1 amide bonds. The number of aliphatic hydroxyl groups is 1. The molecule has 2 aromatic rings. The molecule has 2 aromatic carbocycles. The van der Waals surface area contributed by atoms with Gasteiger partial charge in [-0.2, -0.15) is 4.39 Å². The van der Waals surface area contributed by atoms with E-state index in [4.69, 9.17) is 4.74 Å². The Hall–Kier alpha value is -2.51. The Morgan fingerprint density at radius 1 is 1.16 bits per heavy atom. The van der Waals surface area contributed by atoms with E-state index >= 15 is 0 Å². The van der Waals surface area contributed by atoms with Gasteiger partial charge in [-0.3, -0.25) is 9.69 Å². The molecule has 32 heavy (non-hydrogen) atoms. The molecule has 1 heterocycles. The van der Waals surface area contributed by atoms with Crippen molar-refractivity contribution in [1.29, 1.82) is 0 Å². The fourth-order valence-corrected chi connectivity index (χ4v) is 5.03. The van der Waals surface area contributed by atoms with Crippen LogP contribution in [0.1, 0.15) is 43.2 Å². The maximum atomic E-state index is 14.5. The van der Waals surface area contributed by atoms with Gasteiger partial charge in [0.05, 0.1) is 18.8 Å². The van der Waals surface area contributed by atoms with Gasteiger partial charge in [-0.05, 0) is 30.9 Å². The Morgan fingerprint density at radius 2 is 1.88 bits per heavy atom. The van der Waals surface area contributed by atoms with Crippen molar-refractivity contribution in [3.63, 3.8) is 0 Å². The maximum Gasteiger partial charge on any atom is 0.223 e. The Bertz CT molecular complexity index is 950. The van der Waals surface area contributed by atoms with Gasteiger partial charge in [0.1, 0.15) is 0 Å². The number of nitrogens with one attached hydrogen (secondary N) is 1. The van der Waals surface area contributed by atoms with Crippen LogP contribution in [0.25, 0.3) is 0 Å². The van der Waals surface area contributed by atoms with Crippen molar-refractivity contribution in [3.05, 3.63) is 65.2 Å². The number of carbonyl (C=O) groups excluding carboxylic acids is 1. The first-order valence-corrected chi connectivity index (χ1v) is 11.2. The summed E-state index contributed by atoms with van der Waals surface area (Å²) in [5.41, 5.74) is 0.166. The summed E-state index contributed by atoms with van der Waals surface area (Å²) in [6.45, 7) is 0.905. The molecule has 1 saturated carbocycles. The maximum absolute atomic E-state index is 14.5. The van der Waals surface area contributed by atoms with Gasteiger partial charge in [0.15, 0.2) is 11.6 Å². The second kappa shape index (κ2) is 9.55. The van der Waals surface area contributed by atoms with Crippen LogP contribution in [0, 0.1) is 17.6 Å². The predicted octanol–water partition coefficient (Wildman–Crippen LogP) is 3.74. The lowest BCUT2D eigenvalue weighted by Gasteiger charge is -2.47. The van der Waals surface area contributed by atoms with E-state index in [1.165, 1.54) is 19.2 Å². The number of nitrogens with zero attached hydrogens (tertiary/aromatic N) is 1. The summed E-state index contributed by atoms with van der Waals surface area (Å²) in [5.74, 6) is -2.11. The zero-order valence-electron chi connectivity index (χ0n) is 18.3. The summed E-state index contributed by atoms with van der Waals surface area (Å²) in [7, 11) is 1.29. The van der Waals surface area contributed by atoms with E-state index in [0.717, 1.165) is 31.2 Å². The molecule has 5 nitrogen and oxygen atoms in total. The summed E-state index contributed by atoms with van der Waals surface area (Å²) >= 11 is 0. The SMILES string of the molecule is COc1ccc(CN2CC[C@@](NC(=O)C3CCCC3)(c3ccccc3)[C@H](O)C2)c(F)c1F. The molecule has 0 spiro atoms. The summed E-state index contributed by atoms with van der Waals surface area (Å²) < 4.78 is 33.4. The molecule has 1 aliphatic heterocycles. The second-order valence-corrected chi connectivity index (χ2v) is 8.86. The van der Waals surface area contributed by atoms with Crippen LogP contribution in [0.15, 0.2) is 42.5 Å². The molecule has 0 unspecified atom stereocenters. The number of amides is 1. The number of β-amino-alcohol motifs (C(OH)–C–C–N with tert-alkyl or cyclic N) is 1. The minimum atomic E-state index is -1.01. The van der Waals surface area contributed by atoms with Gasteiger partial charge in [-0.25, -0.2) is 4.39 Å². The van der Waals surface area contributed by atoms with Crippen LogP contribution in [0.2, 0.25) is 0 Å². The van der Waals surface area contributed by atoms with Crippen LogP contribution < -0.4 is 10.1 Å². The second-order valence-electron chi connectivity index (χ2n) is 8.86. The van der Waals surface area contributed by atoms with Gasteiger partial charge >= 0.3 is 0 Å². The van der Waals surface area contributed by atoms with Crippen LogP contribution >= 0.6 is 0 Å². The summed E-state index contributed by atoms with van der Waals surface area (Å²) in [6, 6.07) is 12.5. The zero-order chi connectivity index (χ0) is 22.7. The van der Waals surface area contributed by atoms with Crippen LogP contribution in [0.3, 0.4) is 0 Å². The number of hydrogen-bond acceptors (Lipinski definition) is 4. The van der Waals surface area contributed by atoms with Crippen molar-refractivity contribution in [2.75, 3.05) is 20.2 Å².